The van der Waals surface area contributed by atoms with Crippen molar-refractivity contribution in [2.45, 2.75) is 57.8 Å². The maximum Gasteiger partial charge on any atom is 0.0845 e. The monoisotopic (exact) mass is 232 g/mol. The molecule has 2 atom stereocenters. The molecule has 1 saturated heterocycles. The van der Waals surface area contributed by atoms with Gasteiger partial charge in [0.25, 0.3) is 0 Å². The number of benzene rings is 1. The summed E-state index contributed by atoms with van der Waals surface area (Å²) in [7, 11) is 0. The van der Waals surface area contributed by atoms with Crippen LogP contribution in [0.3, 0.4) is 0 Å². The molecule has 0 aromatic heterocycles. The van der Waals surface area contributed by atoms with Crippen LogP contribution in [0, 0.1) is 0 Å². The van der Waals surface area contributed by atoms with Crippen LogP contribution in [0.2, 0.25) is 0 Å². The third-order valence-corrected chi connectivity index (χ3v) is 4.69. The number of hydrogen-bond donors (Lipinski definition) is 2. The van der Waals surface area contributed by atoms with Crippen LogP contribution in [0.15, 0.2) is 30.3 Å². The normalized spacial score (nSPS) is 34.1. The Morgan fingerprint density at radius 3 is 1.82 bits per heavy atom. The fourth-order valence-electron chi connectivity index (χ4n) is 2.79. The van der Waals surface area contributed by atoms with Gasteiger partial charge in [0.05, 0.1) is 6.17 Å². The molecule has 94 valence electrons. The van der Waals surface area contributed by atoms with Gasteiger partial charge in [0, 0.05) is 11.1 Å². The molecular weight excluding hydrogens is 208 g/mol. The first-order chi connectivity index (χ1) is 8.04. The predicted octanol–water partition coefficient (Wildman–Crippen LogP) is 3.22. The van der Waals surface area contributed by atoms with Gasteiger partial charge >= 0.3 is 0 Å². The van der Waals surface area contributed by atoms with E-state index in [-0.39, 0.29) is 17.2 Å². The van der Waals surface area contributed by atoms with Crippen molar-refractivity contribution in [3.63, 3.8) is 0 Å². The molecule has 2 nitrogen and oxygen atoms in total. The van der Waals surface area contributed by atoms with Crippen LogP contribution in [-0.4, -0.2) is 11.1 Å². The van der Waals surface area contributed by atoms with E-state index in [9.17, 15) is 0 Å². The molecule has 1 aliphatic rings. The second-order valence-electron chi connectivity index (χ2n) is 5.50. The van der Waals surface area contributed by atoms with Crippen molar-refractivity contribution in [1.29, 1.82) is 0 Å². The minimum Gasteiger partial charge on any atom is -0.291 e. The van der Waals surface area contributed by atoms with Crippen LogP contribution < -0.4 is 10.6 Å². The molecule has 1 aromatic rings. The second kappa shape index (κ2) is 4.43. The molecule has 0 bridgehead atoms. The van der Waals surface area contributed by atoms with E-state index in [1.54, 1.807) is 0 Å². The van der Waals surface area contributed by atoms with E-state index in [0.717, 1.165) is 12.8 Å². The Labute approximate surface area is 105 Å². The molecule has 2 heteroatoms. The molecule has 2 rings (SSSR count). The number of rotatable bonds is 3. The molecular formula is C15H24N2. The van der Waals surface area contributed by atoms with Crippen LogP contribution >= 0.6 is 0 Å². The van der Waals surface area contributed by atoms with Gasteiger partial charge in [-0.25, -0.2) is 0 Å². The van der Waals surface area contributed by atoms with Crippen molar-refractivity contribution in [3.05, 3.63) is 35.9 Å². The average molecular weight is 232 g/mol. The molecule has 0 amide bonds. The highest BCUT2D eigenvalue weighted by molar-refractivity contribution is 5.24. The van der Waals surface area contributed by atoms with Gasteiger partial charge in [0.2, 0.25) is 0 Å². The lowest BCUT2D eigenvalue weighted by Gasteiger charge is -2.39. The highest BCUT2D eigenvalue weighted by Crippen LogP contribution is 2.37. The maximum absolute atomic E-state index is 3.76. The zero-order valence-electron chi connectivity index (χ0n) is 11.4. The smallest absolute Gasteiger partial charge is 0.0845 e. The van der Waals surface area contributed by atoms with E-state index in [0.29, 0.717) is 0 Å². The zero-order valence-corrected chi connectivity index (χ0v) is 11.4. The minimum atomic E-state index is 0.155. The van der Waals surface area contributed by atoms with Crippen LogP contribution in [0.5, 0.6) is 0 Å². The zero-order chi connectivity index (χ0) is 12.5. The molecule has 1 fully saturated rings. The van der Waals surface area contributed by atoms with Gasteiger partial charge in [-0.05, 0) is 32.3 Å². The van der Waals surface area contributed by atoms with E-state index in [1.165, 1.54) is 5.56 Å². The maximum atomic E-state index is 3.76. The lowest BCUT2D eigenvalue weighted by atomic mass is 9.77. The summed E-state index contributed by atoms with van der Waals surface area (Å²) < 4.78 is 0. The second-order valence-corrected chi connectivity index (χ2v) is 5.50. The molecule has 0 spiro atoms. The molecule has 0 radical (unpaired) electrons. The molecule has 0 saturated carbocycles. The van der Waals surface area contributed by atoms with Crippen molar-refractivity contribution in [2.75, 3.05) is 0 Å². The van der Waals surface area contributed by atoms with Gasteiger partial charge in [0.15, 0.2) is 0 Å². The van der Waals surface area contributed by atoms with Crippen molar-refractivity contribution < 1.29 is 0 Å². The van der Waals surface area contributed by atoms with Gasteiger partial charge in [0.1, 0.15) is 0 Å². The van der Waals surface area contributed by atoms with E-state index in [4.69, 9.17) is 0 Å². The standard InChI is InChI=1S/C15H24N2/c1-5-14(3)15(4,6-2)17-13(16-14)12-10-8-7-9-11-12/h7-11,13,16-17H,5-6H2,1-4H3/t14-,15-/m0/s1. The minimum absolute atomic E-state index is 0.155. The van der Waals surface area contributed by atoms with Crippen LogP contribution in [0.4, 0.5) is 0 Å². The van der Waals surface area contributed by atoms with E-state index in [2.05, 4.69) is 68.7 Å². The van der Waals surface area contributed by atoms with Gasteiger partial charge < -0.3 is 0 Å². The van der Waals surface area contributed by atoms with Gasteiger partial charge in [-0.15, -0.1) is 0 Å². The first-order valence-corrected chi connectivity index (χ1v) is 6.65. The van der Waals surface area contributed by atoms with Crippen molar-refractivity contribution in [3.8, 4) is 0 Å². The molecule has 0 unspecified atom stereocenters. The van der Waals surface area contributed by atoms with Crippen molar-refractivity contribution in [2.24, 2.45) is 0 Å². The Hall–Kier alpha value is -0.860. The summed E-state index contributed by atoms with van der Waals surface area (Å²) in [5.41, 5.74) is 1.63. The Morgan fingerprint density at radius 2 is 1.41 bits per heavy atom. The molecule has 1 aromatic carbocycles. The average Bonchev–Trinajstić information content (AvgIpc) is 2.65. The highest BCUT2D eigenvalue weighted by atomic mass is 15.3. The fraction of sp³-hybridized carbons (Fsp3) is 0.600. The fourth-order valence-corrected chi connectivity index (χ4v) is 2.79. The number of hydrogen-bond acceptors (Lipinski definition) is 2. The molecule has 1 aliphatic heterocycles. The highest BCUT2D eigenvalue weighted by Gasteiger charge is 2.49. The lowest BCUT2D eigenvalue weighted by molar-refractivity contribution is 0.232. The van der Waals surface area contributed by atoms with Crippen molar-refractivity contribution in [1.82, 2.24) is 10.6 Å². The third-order valence-electron chi connectivity index (χ3n) is 4.69. The topological polar surface area (TPSA) is 24.1 Å². The molecule has 1 heterocycles. The predicted molar refractivity (Wildman–Crippen MR) is 72.8 cm³/mol. The molecule has 2 N–H and O–H groups in total. The third kappa shape index (κ3) is 2.00. The van der Waals surface area contributed by atoms with Crippen LogP contribution in [-0.2, 0) is 0 Å². The first kappa shape index (κ1) is 12.6. The van der Waals surface area contributed by atoms with Crippen LogP contribution in [0.25, 0.3) is 0 Å². The lowest BCUT2D eigenvalue weighted by Crippen LogP contribution is -2.55. The summed E-state index contributed by atoms with van der Waals surface area (Å²) in [5, 5.41) is 7.53. The summed E-state index contributed by atoms with van der Waals surface area (Å²) in [5.74, 6) is 0. The summed E-state index contributed by atoms with van der Waals surface area (Å²) in [6.45, 7) is 9.17. The van der Waals surface area contributed by atoms with E-state index >= 15 is 0 Å². The summed E-state index contributed by atoms with van der Waals surface area (Å²) in [6.07, 6.45) is 2.53. The largest absolute Gasteiger partial charge is 0.291 e. The Kier molecular flexibility index (Phi) is 3.28. The summed E-state index contributed by atoms with van der Waals surface area (Å²) in [4.78, 5) is 0. The van der Waals surface area contributed by atoms with Crippen LogP contribution in [0.1, 0.15) is 52.3 Å². The summed E-state index contributed by atoms with van der Waals surface area (Å²) >= 11 is 0. The Bertz CT molecular complexity index is 358. The SMILES string of the molecule is CC[C@]1(C)NC(c2ccccc2)N[C@@]1(C)CC. The Balaban J connectivity index is 2.27. The van der Waals surface area contributed by atoms with Crippen molar-refractivity contribution >= 4 is 0 Å². The van der Waals surface area contributed by atoms with Gasteiger partial charge in [-0.2, -0.15) is 0 Å². The summed E-state index contributed by atoms with van der Waals surface area (Å²) in [6, 6.07) is 10.6. The van der Waals surface area contributed by atoms with Gasteiger partial charge in [-0.3, -0.25) is 10.6 Å². The Morgan fingerprint density at radius 1 is 0.941 bits per heavy atom. The van der Waals surface area contributed by atoms with Gasteiger partial charge in [-0.1, -0.05) is 44.2 Å². The quantitative estimate of drug-likeness (QED) is 0.836. The number of nitrogens with one attached hydrogen (secondary N) is 2. The molecule has 17 heavy (non-hydrogen) atoms. The van der Waals surface area contributed by atoms with E-state index in [1.807, 2.05) is 0 Å². The first-order valence-electron chi connectivity index (χ1n) is 6.65. The molecule has 0 aliphatic carbocycles. The van der Waals surface area contributed by atoms with E-state index < -0.39 is 0 Å².